The molecule has 0 N–H and O–H groups in total. The highest BCUT2D eigenvalue weighted by Crippen LogP contribution is 2.25. The van der Waals surface area contributed by atoms with Crippen LogP contribution in [0.2, 0.25) is 0 Å². The number of hydrogen-bond donors (Lipinski definition) is 0. The summed E-state index contributed by atoms with van der Waals surface area (Å²) in [7, 11) is 1.13. The summed E-state index contributed by atoms with van der Waals surface area (Å²) in [4.78, 5) is 0. The second-order valence-electron chi connectivity index (χ2n) is 4.77. The lowest BCUT2D eigenvalue weighted by molar-refractivity contribution is -0.0150. The van der Waals surface area contributed by atoms with E-state index in [4.69, 9.17) is 4.74 Å². The van der Waals surface area contributed by atoms with Gasteiger partial charge in [-0.05, 0) is 31.2 Å². The van der Waals surface area contributed by atoms with Crippen molar-refractivity contribution < 1.29 is 4.74 Å². The maximum atomic E-state index is 5.91. The molecule has 2 heteroatoms. The van der Waals surface area contributed by atoms with Gasteiger partial charge in [-0.2, -0.15) is 0 Å². The smallest absolute Gasteiger partial charge is 0.0519 e. The third kappa shape index (κ3) is 3.32. The lowest BCUT2D eigenvalue weighted by Gasteiger charge is -2.33. The van der Waals surface area contributed by atoms with Gasteiger partial charge in [0.1, 0.15) is 0 Å². The zero-order valence-corrected chi connectivity index (χ0v) is 12.0. The third-order valence-electron chi connectivity index (χ3n) is 3.21. The molecular formula is C14H20OSi. The zero-order valence-electron chi connectivity index (χ0n) is 9.99. The Morgan fingerprint density at radius 3 is 2.75 bits per heavy atom. The summed E-state index contributed by atoms with van der Waals surface area (Å²) in [5.41, 5.74) is 1.28. The molecule has 0 amide bonds. The van der Waals surface area contributed by atoms with Gasteiger partial charge in [-0.25, -0.2) is 0 Å². The van der Waals surface area contributed by atoms with E-state index in [0.717, 1.165) is 23.3 Å². The minimum absolute atomic E-state index is 0.212. The average molecular weight is 232 g/mol. The van der Waals surface area contributed by atoms with Gasteiger partial charge in [-0.15, -0.1) is 0 Å². The summed E-state index contributed by atoms with van der Waals surface area (Å²) in [5, 5.41) is 0.212. The number of benzene rings is 1. The maximum absolute atomic E-state index is 5.91. The largest absolute Gasteiger partial charge is 0.379 e. The van der Waals surface area contributed by atoms with Gasteiger partial charge in [0.25, 0.3) is 0 Å². The van der Waals surface area contributed by atoms with Gasteiger partial charge in [-0.3, -0.25) is 0 Å². The number of rotatable bonds is 3. The van der Waals surface area contributed by atoms with Crippen molar-refractivity contribution in [3.8, 4) is 0 Å². The van der Waals surface area contributed by atoms with Crippen LogP contribution < -0.4 is 0 Å². The fourth-order valence-corrected chi connectivity index (χ4v) is 2.95. The van der Waals surface area contributed by atoms with Crippen LogP contribution in [-0.2, 0) is 4.74 Å². The fraction of sp³-hybridized carbons (Fsp3) is 0.429. The molecule has 1 aromatic rings. The first kappa shape index (κ1) is 11.6. The SMILES string of the molecule is [SiH3]C1(C/C=C/c2ccccc2)CCCCO1. The first-order valence-corrected chi connectivity index (χ1v) is 7.14. The molecule has 0 aliphatic carbocycles. The van der Waals surface area contributed by atoms with Crippen molar-refractivity contribution in [2.75, 3.05) is 6.61 Å². The highest BCUT2D eigenvalue weighted by atomic mass is 28.1. The second kappa shape index (κ2) is 5.46. The molecule has 1 saturated heterocycles. The third-order valence-corrected chi connectivity index (χ3v) is 4.41. The van der Waals surface area contributed by atoms with Crippen molar-refractivity contribution in [3.63, 3.8) is 0 Å². The van der Waals surface area contributed by atoms with Crippen LogP contribution in [0.25, 0.3) is 6.08 Å². The standard InChI is InChI=1S/C14H20OSi/c16-14(10-4-5-12-15-14)11-6-9-13-7-2-1-3-8-13/h1-3,6-9H,4-5,10-12H2,16H3/b9-6+. The van der Waals surface area contributed by atoms with Crippen LogP contribution in [0.5, 0.6) is 0 Å². The van der Waals surface area contributed by atoms with Crippen LogP contribution in [0.1, 0.15) is 31.2 Å². The molecule has 0 saturated carbocycles. The molecule has 86 valence electrons. The normalized spacial score (nSPS) is 26.2. The Morgan fingerprint density at radius 1 is 1.25 bits per heavy atom. The van der Waals surface area contributed by atoms with E-state index >= 15 is 0 Å². The zero-order chi connectivity index (χ0) is 11.3. The Kier molecular flexibility index (Phi) is 3.96. The van der Waals surface area contributed by atoms with Crippen molar-refractivity contribution in [3.05, 3.63) is 42.0 Å². The predicted octanol–water partition coefficient (Wildman–Crippen LogP) is 2.35. The predicted molar refractivity (Wildman–Crippen MR) is 72.6 cm³/mol. The molecule has 16 heavy (non-hydrogen) atoms. The molecule has 1 atom stereocenters. The van der Waals surface area contributed by atoms with E-state index in [2.05, 4.69) is 42.5 Å². The van der Waals surface area contributed by atoms with Crippen LogP contribution in [0, 0.1) is 0 Å². The van der Waals surface area contributed by atoms with Crippen molar-refractivity contribution in [1.82, 2.24) is 0 Å². The van der Waals surface area contributed by atoms with Crippen LogP contribution in [0.4, 0.5) is 0 Å². The monoisotopic (exact) mass is 232 g/mol. The maximum Gasteiger partial charge on any atom is 0.0519 e. The van der Waals surface area contributed by atoms with Gasteiger partial charge in [0.05, 0.1) is 5.22 Å². The topological polar surface area (TPSA) is 9.23 Å². The van der Waals surface area contributed by atoms with Gasteiger partial charge in [-0.1, -0.05) is 42.5 Å². The molecule has 1 unspecified atom stereocenters. The molecule has 1 aliphatic rings. The molecule has 0 bridgehead atoms. The van der Waals surface area contributed by atoms with E-state index in [-0.39, 0.29) is 5.22 Å². The molecule has 1 aromatic carbocycles. The minimum atomic E-state index is 0.212. The Labute approximate surface area is 101 Å². The first-order valence-electron chi connectivity index (χ1n) is 6.14. The van der Waals surface area contributed by atoms with E-state index < -0.39 is 0 Å². The van der Waals surface area contributed by atoms with Crippen LogP contribution in [0.3, 0.4) is 0 Å². The lowest BCUT2D eigenvalue weighted by atomic mass is 10.0. The summed E-state index contributed by atoms with van der Waals surface area (Å²) in [6.45, 7) is 0.961. The van der Waals surface area contributed by atoms with E-state index in [1.54, 1.807) is 0 Å². The van der Waals surface area contributed by atoms with Gasteiger partial charge in [0.2, 0.25) is 0 Å². The lowest BCUT2D eigenvalue weighted by Crippen LogP contribution is -2.36. The average Bonchev–Trinajstić information content (AvgIpc) is 2.31. The molecule has 0 spiro atoms. The van der Waals surface area contributed by atoms with Crippen molar-refractivity contribution >= 4 is 16.3 Å². The van der Waals surface area contributed by atoms with Crippen molar-refractivity contribution in [2.45, 2.75) is 30.9 Å². The summed E-state index contributed by atoms with van der Waals surface area (Å²) >= 11 is 0. The van der Waals surface area contributed by atoms with E-state index in [9.17, 15) is 0 Å². The van der Waals surface area contributed by atoms with Gasteiger partial charge in [0, 0.05) is 16.8 Å². The van der Waals surface area contributed by atoms with E-state index in [0.29, 0.717) is 0 Å². The summed E-state index contributed by atoms with van der Waals surface area (Å²) in [5.74, 6) is 0. The minimum Gasteiger partial charge on any atom is -0.379 e. The molecule has 1 aliphatic heterocycles. The first-order chi connectivity index (χ1) is 7.79. The van der Waals surface area contributed by atoms with Gasteiger partial charge in [0.15, 0.2) is 0 Å². The highest BCUT2D eigenvalue weighted by molar-refractivity contribution is 6.14. The number of hydrogen-bond acceptors (Lipinski definition) is 1. The summed E-state index contributed by atoms with van der Waals surface area (Å²) < 4.78 is 5.91. The van der Waals surface area contributed by atoms with Crippen molar-refractivity contribution in [1.29, 1.82) is 0 Å². The Balaban J connectivity index is 1.89. The Hall–Kier alpha value is -0.863. The molecule has 0 radical (unpaired) electrons. The van der Waals surface area contributed by atoms with Crippen LogP contribution in [0.15, 0.2) is 36.4 Å². The number of ether oxygens (including phenoxy) is 1. The molecule has 1 fully saturated rings. The second-order valence-corrected chi connectivity index (χ2v) is 6.60. The summed E-state index contributed by atoms with van der Waals surface area (Å²) in [6.07, 6.45) is 9.38. The molecule has 0 aromatic heterocycles. The van der Waals surface area contributed by atoms with Crippen molar-refractivity contribution in [2.24, 2.45) is 0 Å². The Morgan fingerprint density at radius 2 is 2.06 bits per heavy atom. The molecule has 1 nitrogen and oxygen atoms in total. The fourth-order valence-electron chi connectivity index (χ4n) is 2.16. The Bertz CT molecular complexity index is 339. The molecular weight excluding hydrogens is 212 g/mol. The molecule has 2 rings (SSSR count). The van der Waals surface area contributed by atoms with Gasteiger partial charge >= 0.3 is 0 Å². The molecule has 1 heterocycles. The van der Waals surface area contributed by atoms with E-state index in [1.807, 2.05) is 0 Å². The highest BCUT2D eigenvalue weighted by Gasteiger charge is 2.25. The summed E-state index contributed by atoms with van der Waals surface area (Å²) in [6, 6.07) is 10.5. The van der Waals surface area contributed by atoms with Crippen LogP contribution >= 0.6 is 0 Å². The van der Waals surface area contributed by atoms with Crippen LogP contribution in [-0.4, -0.2) is 22.1 Å². The van der Waals surface area contributed by atoms with E-state index in [1.165, 1.54) is 24.8 Å². The quantitative estimate of drug-likeness (QED) is 0.727. The van der Waals surface area contributed by atoms with Gasteiger partial charge < -0.3 is 4.74 Å².